The van der Waals surface area contributed by atoms with Crippen LogP contribution in [0.4, 0.5) is 0 Å². The molecule has 0 bridgehead atoms. The second kappa shape index (κ2) is 5.01. The molecule has 0 atom stereocenters. The molecule has 1 aromatic carbocycles. The third kappa shape index (κ3) is 2.33. The Hall–Kier alpha value is -1.88. The number of aromatic nitrogens is 3. The van der Waals surface area contributed by atoms with Crippen molar-refractivity contribution in [3.8, 4) is 5.75 Å². The molecule has 19 heavy (non-hydrogen) atoms. The second-order valence-corrected chi connectivity index (χ2v) is 5.01. The van der Waals surface area contributed by atoms with Gasteiger partial charge < -0.3 is 4.74 Å². The molecule has 0 amide bonds. The highest BCUT2D eigenvalue weighted by Gasteiger charge is 2.13. The fourth-order valence-corrected chi connectivity index (χ4v) is 2.28. The van der Waals surface area contributed by atoms with E-state index in [0.717, 1.165) is 32.5 Å². The SMILES string of the molecule is Cc1c(Br)nc2cn[nH]c2c1OCc1ccccc1. The molecule has 96 valence electrons. The van der Waals surface area contributed by atoms with Crippen LogP contribution in [0.25, 0.3) is 11.0 Å². The van der Waals surface area contributed by atoms with Crippen molar-refractivity contribution < 1.29 is 4.74 Å². The molecule has 0 aliphatic rings. The predicted octanol–water partition coefficient (Wildman–Crippen LogP) is 3.61. The smallest absolute Gasteiger partial charge is 0.152 e. The van der Waals surface area contributed by atoms with E-state index in [0.29, 0.717) is 6.61 Å². The molecule has 0 fully saturated rings. The molecule has 0 aliphatic heterocycles. The third-order valence-electron chi connectivity index (χ3n) is 2.94. The molecule has 4 nitrogen and oxygen atoms in total. The van der Waals surface area contributed by atoms with Crippen LogP contribution in [0.2, 0.25) is 0 Å². The van der Waals surface area contributed by atoms with E-state index in [4.69, 9.17) is 4.74 Å². The number of H-pyrrole nitrogens is 1. The summed E-state index contributed by atoms with van der Waals surface area (Å²) in [4.78, 5) is 4.39. The van der Waals surface area contributed by atoms with Crippen molar-refractivity contribution in [1.82, 2.24) is 15.2 Å². The van der Waals surface area contributed by atoms with Crippen molar-refractivity contribution in [1.29, 1.82) is 0 Å². The van der Waals surface area contributed by atoms with Gasteiger partial charge in [-0.3, -0.25) is 5.10 Å². The van der Waals surface area contributed by atoms with Gasteiger partial charge in [0.15, 0.2) is 5.75 Å². The molecule has 0 aliphatic carbocycles. The lowest BCUT2D eigenvalue weighted by atomic mass is 10.2. The van der Waals surface area contributed by atoms with Gasteiger partial charge >= 0.3 is 0 Å². The first-order valence-corrected chi connectivity index (χ1v) is 6.71. The third-order valence-corrected chi connectivity index (χ3v) is 3.71. The highest BCUT2D eigenvalue weighted by molar-refractivity contribution is 9.10. The maximum Gasteiger partial charge on any atom is 0.152 e. The van der Waals surface area contributed by atoms with E-state index in [-0.39, 0.29) is 0 Å². The van der Waals surface area contributed by atoms with Crippen molar-refractivity contribution in [3.63, 3.8) is 0 Å². The largest absolute Gasteiger partial charge is 0.486 e. The van der Waals surface area contributed by atoms with Gasteiger partial charge in [0.1, 0.15) is 22.2 Å². The first-order chi connectivity index (χ1) is 9.25. The summed E-state index contributed by atoms with van der Waals surface area (Å²) in [5.74, 6) is 0.790. The van der Waals surface area contributed by atoms with E-state index in [1.54, 1.807) is 6.20 Å². The summed E-state index contributed by atoms with van der Waals surface area (Å²) in [6.45, 7) is 2.49. The first-order valence-electron chi connectivity index (χ1n) is 5.91. The van der Waals surface area contributed by atoms with Crippen LogP contribution in [-0.2, 0) is 6.61 Å². The topological polar surface area (TPSA) is 50.8 Å². The summed E-state index contributed by atoms with van der Waals surface area (Å²) in [5.41, 5.74) is 3.72. The Balaban J connectivity index is 1.96. The van der Waals surface area contributed by atoms with E-state index in [1.165, 1.54) is 0 Å². The second-order valence-electron chi connectivity index (χ2n) is 4.26. The molecule has 5 heteroatoms. The summed E-state index contributed by atoms with van der Waals surface area (Å²) in [6, 6.07) is 10.1. The molecule has 0 spiro atoms. The summed E-state index contributed by atoms with van der Waals surface area (Å²) in [5, 5.41) is 6.94. The number of pyridine rings is 1. The summed E-state index contributed by atoms with van der Waals surface area (Å²) >= 11 is 3.45. The Bertz CT molecular complexity index is 709. The van der Waals surface area contributed by atoms with Crippen LogP contribution >= 0.6 is 15.9 Å². The summed E-state index contributed by atoms with van der Waals surface area (Å²) < 4.78 is 6.72. The van der Waals surface area contributed by atoms with E-state index in [1.807, 2.05) is 37.3 Å². The number of aromatic amines is 1. The number of nitrogens with one attached hydrogen (secondary N) is 1. The zero-order chi connectivity index (χ0) is 13.2. The molecule has 3 rings (SSSR count). The number of hydrogen-bond donors (Lipinski definition) is 1. The van der Waals surface area contributed by atoms with Gasteiger partial charge in [-0.15, -0.1) is 0 Å². The Morgan fingerprint density at radius 1 is 1.26 bits per heavy atom. The molecule has 0 radical (unpaired) electrons. The molecule has 1 N–H and O–H groups in total. The lowest BCUT2D eigenvalue weighted by Gasteiger charge is -2.11. The minimum absolute atomic E-state index is 0.520. The molecule has 2 heterocycles. The molecule has 0 unspecified atom stereocenters. The van der Waals surface area contributed by atoms with E-state index < -0.39 is 0 Å². The average molecular weight is 318 g/mol. The van der Waals surface area contributed by atoms with Crippen molar-refractivity contribution in [2.75, 3.05) is 0 Å². The first kappa shape index (κ1) is 12.2. The number of fused-ring (bicyclic) bond motifs is 1. The van der Waals surface area contributed by atoms with Crippen molar-refractivity contribution in [3.05, 3.63) is 52.3 Å². The Morgan fingerprint density at radius 2 is 2.05 bits per heavy atom. The number of benzene rings is 1. The average Bonchev–Trinajstić information content (AvgIpc) is 2.88. The van der Waals surface area contributed by atoms with Gasteiger partial charge in [0, 0.05) is 5.56 Å². The van der Waals surface area contributed by atoms with Crippen LogP contribution in [0.1, 0.15) is 11.1 Å². The number of halogens is 1. The molecule has 3 aromatic rings. The van der Waals surface area contributed by atoms with Crippen molar-refractivity contribution in [2.24, 2.45) is 0 Å². The Labute approximate surface area is 118 Å². The number of ether oxygens (including phenoxy) is 1. The zero-order valence-corrected chi connectivity index (χ0v) is 11.9. The van der Waals surface area contributed by atoms with Gasteiger partial charge in [-0.05, 0) is 28.4 Å². The van der Waals surface area contributed by atoms with Crippen LogP contribution in [0.3, 0.4) is 0 Å². The minimum atomic E-state index is 0.520. The lowest BCUT2D eigenvalue weighted by molar-refractivity contribution is 0.307. The molecule has 0 saturated heterocycles. The zero-order valence-electron chi connectivity index (χ0n) is 10.4. The van der Waals surface area contributed by atoms with Crippen LogP contribution in [0, 0.1) is 6.92 Å². The van der Waals surface area contributed by atoms with Gasteiger partial charge in [-0.1, -0.05) is 30.3 Å². The van der Waals surface area contributed by atoms with Crippen LogP contribution < -0.4 is 4.74 Å². The number of hydrogen-bond acceptors (Lipinski definition) is 3. The fourth-order valence-electron chi connectivity index (χ4n) is 1.91. The quantitative estimate of drug-likeness (QED) is 0.751. The number of rotatable bonds is 3. The van der Waals surface area contributed by atoms with E-state index in [2.05, 4.69) is 31.1 Å². The van der Waals surface area contributed by atoms with Crippen LogP contribution in [0.15, 0.2) is 41.1 Å². The van der Waals surface area contributed by atoms with Crippen LogP contribution in [-0.4, -0.2) is 15.2 Å². The minimum Gasteiger partial charge on any atom is -0.486 e. The highest BCUT2D eigenvalue weighted by Crippen LogP contribution is 2.31. The maximum atomic E-state index is 5.93. The molecular weight excluding hydrogens is 306 g/mol. The predicted molar refractivity (Wildman–Crippen MR) is 77.1 cm³/mol. The van der Waals surface area contributed by atoms with Gasteiger partial charge in [0.2, 0.25) is 0 Å². The van der Waals surface area contributed by atoms with Gasteiger partial charge in [0.25, 0.3) is 0 Å². The normalized spacial score (nSPS) is 10.8. The summed E-state index contributed by atoms with van der Waals surface area (Å²) in [7, 11) is 0. The Morgan fingerprint density at radius 3 is 2.84 bits per heavy atom. The summed E-state index contributed by atoms with van der Waals surface area (Å²) in [6.07, 6.45) is 1.69. The van der Waals surface area contributed by atoms with Gasteiger partial charge in [0.05, 0.1) is 6.20 Å². The Kier molecular flexibility index (Phi) is 3.21. The highest BCUT2D eigenvalue weighted by atomic mass is 79.9. The maximum absolute atomic E-state index is 5.93. The molecule has 2 aromatic heterocycles. The van der Waals surface area contributed by atoms with Crippen LogP contribution in [0.5, 0.6) is 5.75 Å². The lowest BCUT2D eigenvalue weighted by Crippen LogP contribution is -1.99. The van der Waals surface area contributed by atoms with E-state index in [9.17, 15) is 0 Å². The van der Waals surface area contributed by atoms with Gasteiger partial charge in [-0.2, -0.15) is 5.10 Å². The standard InChI is InChI=1S/C14H12BrN3O/c1-9-13(19-8-10-5-3-2-4-6-10)12-11(7-16-18-12)17-14(9)15/h2-7H,8H2,1H3,(H,16,18). The van der Waals surface area contributed by atoms with Crippen molar-refractivity contribution in [2.45, 2.75) is 13.5 Å². The number of nitrogens with zero attached hydrogens (tertiary/aromatic N) is 2. The van der Waals surface area contributed by atoms with Gasteiger partial charge in [-0.25, -0.2) is 4.98 Å². The van der Waals surface area contributed by atoms with Crippen molar-refractivity contribution >= 4 is 27.0 Å². The monoisotopic (exact) mass is 317 g/mol. The fraction of sp³-hybridized carbons (Fsp3) is 0.143. The molecule has 0 saturated carbocycles. The molecular formula is C14H12BrN3O. The van der Waals surface area contributed by atoms with E-state index >= 15 is 0 Å².